The van der Waals surface area contributed by atoms with Gasteiger partial charge in [0.15, 0.2) is 0 Å². The number of benzene rings is 2. The van der Waals surface area contributed by atoms with Crippen molar-refractivity contribution < 1.29 is 14.7 Å². The Hall–Kier alpha value is -3.01. The number of nitriles is 1. The molecule has 1 unspecified atom stereocenters. The molecule has 8 heteroatoms. The first-order valence-corrected chi connectivity index (χ1v) is 9.09. The molecule has 6 nitrogen and oxygen atoms in total. The molecule has 1 aliphatic rings. The number of rotatable bonds is 4. The Morgan fingerprint density at radius 3 is 2.64 bits per heavy atom. The second-order valence-corrected chi connectivity index (χ2v) is 7.08. The van der Waals surface area contributed by atoms with Crippen LogP contribution in [0.5, 0.6) is 0 Å². The zero-order valence-corrected chi connectivity index (χ0v) is 16.0. The number of carbonyl (C=O) groups is 2. The third-order valence-electron chi connectivity index (χ3n) is 4.24. The minimum atomic E-state index is -1.04. The molecule has 3 N–H and O–H groups in total. The van der Waals surface area contributed by atoms with E-state index in [0.717, 1.165) is 5.56 Å². The van der Waals surface area contributed by atoms with Crippen molar-refractivity contribution >= 4 is 52.0 Å². The van der Waals surface area contributed by atoms with Crippen LogP contribution in [0.1, 0.15) is 17.5 Å². The van der Waals surface area contributed by atoms with E-state index in [9.17, 15) is 14.7 Å². The Bertz CT molecular complexity index is 1010. The molecule has 0 radical (unpaired) electrons. The average Bonchev–Trinajstić information content (AvgIpc) is 2.62. The molecule has 1 heterocycles. The van der Waals surface area contributed by atoms with Crippen LogP contribution in [0.2, 0.25) is 10.0 Å². The number of carboxylic acids is 1. The van der Waals surface area contributed by atoms with E-state index in [1.165, 1.54) is 6.08 Å². The van der Waals surface area contributed by atoms with Crippen molar-refractivity contribution in [1.29, 1.82) is 5.26 Å². The Kier molecular flexibility index (Phi) is 5.88. The van der Waals surface area contributed by atoms with Crippen LogP contribution in [0.15, 0.2) is 42.5 Å². The first-order chi connectivity index (χ1) is 13.4. The summed E-state index contributed by atoms with van der Waals surface area (Å²) in [5.74, 6) is -1.45. The number of fused-ring (bicyclic) bond motifs is 1. The van der Waals surface area contributed by atoms with Crippen LogP contribution in [-0.4, -0.2) is 23.0 Å². The van der Waals surface area contributed by atoms with Crippen molar-refractivity contribution in [2.45, 2.75) is 18.9 Å². The van der Waals surface area contributed by atoms with Crippen molar-refractivity contribution in [1.82, 2.24) is 0 Å². The highest BCUT2D eigenvalue weighted by molar-refractivity contribution is 6.36. The van der Waals surface area contributed by atoms with E-state index in [0.29, 0.717) is 39.0 Å². The van der Waals surface area contributed by atoms with Gasteiger partial charge in [0.25, 0.3) is 0 Å². The van der Waals surface area contributed by atoms with Crippen molar-refractivity contribution in [3.63, 3.8) is 0 Å². The maximum atomic E-state index is 12.5. The molecule has 0 aliphatic carbocycles. The topological polar surface area (TPSA) is 102 Å². The standard InChI is InChI=1S/C20H15Cl2N3O3/c21-13-9-15(22)19-12(7-17(20(27)28)25-16(19)10-13)8-18(26)24-14-3-1-11(2-4-14)5-6-23/h1-4,8-10,17,25H,5,7H2,(H,24,26)(H,27,28). The minimum absolute atomic E-state index is 0.0954. The summed E-state index contributed by atoms with van der Waals surface area (Å²) in [7, 11) is 0. The van der Waals surface area contributed by atoms with Gasteiger partial charge in [0, 0.05) is 34.5 Å². The van der Waals surface area contributed by atoms with Crippen LogP contribution in [0.25, 0.3) is 5.57 Å². The highest BCUT2D eigenvalue weighted by atomic mass is 35.5. The molecule has 2 aromatic carbocycles. The fraction of sp³-hybridized carbons (Fsp3) is 0.150. The molecule has 0 aromatic heterocycles. The van der Waals surface area contributed by atoms with E-state index in [1.807, 2.05) is 0 Å². The number of carbonyl (C=O) groups excluding carboxylic acids is 1. The number of hydrogen-bond donors (Lipinski definition) is 3. The largest absolute Gasteiger partial charge is 0.480 e. The van der Waals surface area contributed by atoms with Crippen LogP contribution in [0, 0.1) is 11.3 Å². The summed E-state index contributed by atoms with van der Waals surface area (Å²) in [5.41, 5.74) is 2.94. The maximum Gasteiger partial charge on any atom is 0.326 e. The minimum Gasteiger partial charge on any atom is -0.480 e. The zero-order chi connectivity index (χ0) is 20.3. The summed E-state index contributed by atoms with van der Waals surface area (Å²) in [5, 5.41) is 24.4. The smallest absolute Gasteiger partial charge is 0.326 e. The number of nitrogens with one attached hydrogen (secondary N) is 2. The van der Waals surface area contributed by atoms with Gasteiger partial charge in [0.05, 0.1) is 17.5 Å². The number of nitrogens with zero attached hydrogens (tertiary/aromatic N) is 1. The van der Waals surface area contributed by atoms with Gasteiger partial charge in [-0.1, -0.05) is 35.3 Å². The quantitative estimate of drug-likeness (QED) is 0.644. The lowest BCUT2D eigenvalue weighted by atomic mass is 9.92. The van der Waals surface area contributed by atoms with Crippen LogP contribution >= 0.6 is 23.2 Å². The van der Waals surface area contributed by atoms with E-state index in [1.54, 1.807) is 36.4 Å². The number of aliphatic carboxylic acids is 1. The number of halogens is 2. The summed E-state index contributed by atoms with van der Waals surface area (Å²) in [6, 6.07) is 11.2. The van der Waals surface area contributed by atoms with Gasteiger partial charge in [0.2, 0.25) is 5.91 Å². The number of amides is 1. The van der Waals surface area contributed by atoms with Gasteiger partial charge in [-0.25, -0.2) is 4.79 Å². The van der Waals surface area contributed by atoms with Crippen molar-refractivity contribution in [2.75, 3.05) is 10.6 Å². The molecule has 2 aromatic rings. The summed E-state index contributed by atoms with van der Waals surface area (Å²) in [6.07, 6.45) is 1.73. The molecule has 1 amide bonds. The summed E-state index contributed by atoms with van der Waals surface area (Å²) in [6.45, 7) is 0. The third kappa shape index (κ3) is 4.45. The normalized spacial score (nSPS) is 16.6. The van der Waals surface area contributed by atoms with Crippen LogP contribution in [0.4, 0.5) is 11.4 Å². The number of hydrogen-bond acceptors (Lipinski definition) is 4. The summed E-state index contributed by atoms with van der Waals surface area (Å²) >= 11 is 12.3. The molecule has 1 atom stereocenters. The second-order valence-electron chi connectivity index (χ2n) is 6.24. The first kappa shape index (κ1) is 19.7. The Labute approximate surface area is 171 Å². The average molecular weight is 416 g/mol. The van der Waals surface area contributed by atoms with E-state index >= 15 is 0 Å². The molecule has 28 heavy (non-hydrogen) atoms. The van der Waals surface area contributed by atoms with Crippen LogP contribution < -0.4 is 10.6 Å². The van der Waals surface area contributed by atoms with Crippen molar-refractivity contribution in [3.8, 4) is 6.07 Å². The maximum absolute atomic E-state index is 12.5. The third-order valence-corrected chi connectivity index (χ3v) is 4.75. The second kappa shape index (κ2) is 8.34. The summed E-state index contributed by atoms with van der Waals surface area (Å²) in [4.78, 5) is 23.9. The molecule has 0 saturated carbocycles. The Morgan fingerprint density at radius 2 is 2.00 bits per heavy atom. The Balaban J connectivity index is 1.88. The first-order valence-electron chi connectivity index (χ1n) is 8.33. The molecule has 0 spiro atoms. The monoisotopic (exact) mass is 415 g/mol. The predicted molar refractivity (Wildman–Crippen MR) is 108 cm³/mol. The Morgan fingerprint density at radius 1 is 1.29 bits per heavy atom. The fourth-order valence-corrected chi connectivity index (χ4v) is 3.60. The van der Waals surface area contributed by atoms with Gasteiger partial charge in [0.1, 0.15) is 6.04 Å². The van der Waals surface area contributed by atoms with Crippen molar-refractivity contribution in [3.05, 3.63) is 63.6 Å². The van der Waals surface area contributed by atoms with Crippen LogP contribution in [-0.2, 0) is 16.0 Å². The summed E-state index contributed by atoms with van der Waals surface area (Å²) < 4.78 is 0. The van der Waals surface area contributed by atoms with Gasteiger partial charge < -0.3 is 15.7 Å². The SMILES string of the molecule is N#CCc1ccc(NC(=O)C=C2CC(C(=O)O)Nc3cc(Cl)cc(Cl)c32)cc1. The van der Waals surface area contributed by atoms with Gasteiger partial charge in [-0.15, -0.1) is 0 Å². The fourth-order valence-electron chi connectivity index (χ4n) is 2.99. The van der Waals surface area contributed by atoms with E-state index in [2.05, 4.69) is 16.7 Å². The van der Waals surface area contributed by atoms with Gasteiger partial charge in [-0.2, -0.15) is 5.26 Å². The lowest BCUT2D eigenvalue weighted by Crippen LogP contribution is -2.33. The van der Waals surface area contributed by atoms with Crippen LogP contribution in [0.3, 0.4) is 0 Å². The highest BCUT2D eigenvalue weighted by Gasteiger charge is 2.29. The number of anilines is 2. The molecule has 0 bridgehead atoms. The van der Waals surface area contributed by atoms with E-state index in [-0.39, 0.29) is 6.42 Å². The molecule has 0 fully saturated rings. The lowest BCUT2D eigenvalue weighted by Gasteiger charge is -2.27. The molecule has 3 rings (SSSR count). The van der Waals surface area contributed by atoms with Gasteiger partial charge in [-0.05, 0) is 35.4 Å². The highest BCUT2D eigenvalue weighted by Crippen LogP contribution is 2.40. The van der Waals surface area contributed by atoms with Gasteiger partial charge in [-0.3, -0.25) is 4.79 Å². The number of carboxylic acid groups (broad SMARTS) is 1. The van der Waals surface area contributed by atoms with E-state index in [4.69, 9.17) is 28.5 Å². The lowest BCUT2D eigenvalue weighted by molar-refractivity contribution is -0.137. The van der Waals surface area contributed by atoms with Crippen molar-refractivity contribution in [2.24, 2.45) is 0 Å². The molecular weight excluding hydrogens is 401 g/mol. The van der Waals surface area contributed by atoms with E-state index < -0.39 is 17.9 Å². The molecule has 0 saturated heterocycles. The zero-order valence-electron chi connectivity index (χ0n) is 14.5. The molecule has 142 valence electrons. The predicted octanol–water partition coefficient (Wildman–Crippen LogP) is 4.35. The molecule has 1 aliphatic heterocycles. The molecular formula is C20H15Cl2N3O3. The van der Waals surface area contributed by atoms with Gasteiger partial charge >= 0.3 is 5.97 Å².